The fraction of sp³-hybridized carbons (Fsp3) is 0.222. The van der Waals surface area contributed by atoms with Gasteiger partial charge in [-0.05, 0) is 35.9 Å². The third-order valence-corrected chi connectivity index (χ3v) is 5.91. The van der Waals surface area contributed by atoms with Gasteiger partial charge in [-0.1, -0.05) is 35.0 Å². The molecule has 0 saturated heterocycles. The van der Waals surface area contributed by atoms with Crippen molar-refractivity contribution in [3.8, 4) is 6.07 Å². The molecule has 0 unspecified atom stereocenters. The second-order valence-corrected chi connectivity index (χ2v) is 8.53. The number of nitrogens with one attached hydrogen (secondary N) is 1. The molecule has 8 heteroatoms. The number of amides is 1. The average Bonchev–Trinajstić information content (AvgIpc) is 2.63. The van der Waals surface area contributed by atoms with Crippen LogP contribution in [0.15, 0.2) is 51.8 Å². The van der Waals surface area contributed by atoms with Crippen LogP contribution in [0.25, 0.3) is 0 Å². The topological polar surface area (TPSA) is 96.3 Å². The first-order chi connectivity index (χ1) is 12.4. The van der Waals surface area contributed by atoms with E-state index >= 15 is 0 Å². The number of anilines is 1. The minimum absolute atomic E-state index is 0.0143. The fourth-order valence-corrected chi connectivity index (χ4v) is 3.48. The number of halogens is 1. The van der Waals surface area contributed by atoms with Crippen LogP contribution in [0.1, 0.15) is 18.1 Å². The molecule has 136 valence electrons. The molecular formula is C18H17BrN2O4S. The van der Waals surface area contributed by atoms with Gasteiger partial charge in [0.05, 0.1) is 22.8 Å². The number of nitriles is 1. The molecule has 0 aromatic heterocycles. The van der Waals surface area contributed by atoms with E-state index in [1.165, 1.54) is 25.1 Å². The van der Waals surface area contributed by atoms with E-state index in [4.69, 9.17) is 10.00 Å². The minimum Gasteiger partial charge on any atom is -0.449 e. The molecule has 2 rings (SSSR count). The number of hydrogen-bond acceptors (Lipinski definition) is 5. The Kier molecular flexibility index (Phi) is 6.77. The lowest BCUT2D eigenvalue weighted by molar-refractivity contribution is 0.163. The maximum atomic E-state index is 11.9. The Morgan fingerprint density at radius 3 is 2.54 bits per heavy atom. The maximum Gasteiger partial charge on any atom is 0.411 e. The highest BCUT2D eigenvalue weighted by molar-refractivity contribution is 9.10. The lowest BCUT2D eigenvalue weighted by Crippen LogP contribution is -2.16. The predicted molar refractivity (Wildman–Crippen MR) is 102 cm³/mol. The number of sulfone groups is 1. The van der Waals surface area contributed by atoms with Crippen LogP contribution in [0, 0.1) is 11.3 Å². The van der Waals surface area contributed by atoms with Gasteiger partial charge in [-0.3, -0.25) is 5.32 Å². The van der Waals surface area contributed by atoms with Crippen molar-refractivity contribution in [3.63, 3.8) is 0 Å². The average molecular weight is 437 g/mol. The van der Waals surface area contributed by atoms with Crippen molar-refractivity contribution in [2.45, 2.75) is 18.2 Å². The molecule has 26 heavy (non-hydrogen) atoms. The summed E-state index contributed by atoms with van der Waals surface area (Å²) < 4.78 is 30.0. The standard InChI is InChI=1S/C18H17BrN2O4S/c1-2-26(23,24)17-8-7-16(11-14(17)12-20)21-18(22)25-10-9-13-3-5-15(19)6-4-13/h3-8,11H,2,9-10H2,1H3,(H,21,22). The van der Waals surface area contributed by atoms with E-state index in [9.17, 15) is 13.2 Å². The molecule has 1 amide bonds. The summed E-state index contributed by atoms with van der Waals surface area (Å²) in [7, 11) is -3.50. The fourth-order valence-electron chi connectivity index (χ4n) is 2.19. The van der Waals surface area contributed by atoms with Crippen molar-refractivity contribution in [1.82, 2.24) is 0 Å². The van der Waals surface area contributed by atoms with E-state index in [0.29, 0.717) is 12.1 Å². The third-order valence-electron chi connectivity index (χ3n) is 3.60. The van der Waals surface area contributed by atoms with Crippen molar-refractivity contribution in [2.24, 2.45) is 0 Å². The number of ether oxygens (including phenoxy) is 1. The molecular weight excluding hydrogens is 420 g/mol. The number of rotatable bonds is 6. The van der Waals surface area contributed by atoms with Crippen LogP contribution < -0.4 is 5.32 Å². The van der Waals surface area contributed by atoms with Gasteiger partial charge in [0.2, 0.25) is 0 Å². The summed E-state index contributed by atoms with van der Waals surface area (Å²) >= 11 is 3.35. The van der Waals surface area contributed by atoms with Crippen molar-refractivity contribution >= 4 is 37.5 Å². The van der Waals surface area contributed by atoms with Gasteiger partial charge in [-0.2, -0.15) is 5.26 Å². The molecule has 2 aromatic rings. The third kappa shape index (κ3) is 5.31. The Morgan fingerprint density at radius 1 is 1.23 bits per heavy atom. The van der Waals surface area contributed by atoms with Gasteiger partial charge >= 0.3 is 6.09 Å². The van der Waals surface area contributed by atoms with Crippen LogP contribution in [-0.4, -0.2) is 26.9 Å². The first-order valence-corrected chi connectivity index (χ1v) is 10.3. The van der Waals surface area contributed by atoms with Gasteiger partial charge in [0, 0.05) is 16.6 Å². The van der Waals surface area contributed by atoms with Gasteiger partial charge in [-0.15, -0.1) is 0 Å². The van der Waals surface area contributed by atoms with E-state index in [0.717, 1.165) is 10.0 Å². The highest BCUT2D eigenvalue weighted by Gasteiger charge is 2.17. The van der Waals surface area contributed by atoms with E-state index in [1.807, 2.05) is 30.3 Å². The summed E-state index contributed by atoms with van der Waals surface area (Å²) in [6, 6.07) is 13.6. The zero-order chi connectivity index (χ0) is 19.2. The normalized spacial score (nSPS) is 10.8. The molecule has 0 radical (unpaired) electrons. The lowest BCUT2D eigenvalue weighted by Gasteiger charge is -2.09. The summed E-state index contributed by atoms with van der Waals surface area (Å²) in [5.74, 6) is -0.105. The van der Waals surface area contributed by atoms with Crippen molar-refractivity contribution in [1.29, 1.82) is 5.26 Å². The summed E-state index contributed by atoms with van der Waals surface area (Å²) in [6.07, 6.45) is -0.102. The molecule has 0 spiro atoms. The number of hydrogen-bond donors (Lipinski definition) is 1. The molecule has 0 atom stereocenters. The molecule has 2 aromatic carbocycles. The first-order valence-electron chi connectivity index (χ1n) is 7.81. The molecule has 0 fully saturated rings. The van der Waals surface area contributed by atoms with Crippen molar-refractivity contribution in [3.05, 3.63) is 58.1 Å². The van der Waals surface area contributed by atoms with Crippen LogP contribution in [0.5, 0.6) is 0 Å². The van der Waals surface area contributed by atoms with Gasteiger partial charge in [0.1, 0.15) is 6.07 Å². The smallest absolute Gasteiger partial charge is 0.411 e. The molecule has 0 aliphatic heterocycles. The Morgan fingerprint density at radius 2 is 1.92 bits per heavy atom. The Balaban J connectivity index is 1.96. The zero-order valence-corrected chi connectivity index (χ0v) is 16.4. The summed E-state index contributed by atoms with van der Waals surface area (Å²) in [4.78, 5) is 11.8. The van der Waals surface area contributed by atoms with Gasteiger partial charge < -0.3 is 4.74 Å². The number of nitrogens with zero attached hydrogens (tertiary/aromatic N) is 1. The Hall–Kier alpha value is -2.37. The molecule has 0 aliphatic carbocycles. The van der Waals surface area contributed by atoms with E-state index in [-0.39, 0.29) is 22.8 Å². The SMILES string of the molecule is CCS(=O)(=O)c1ccc(NC(=O)OCCc2ccc(Br)cc2)cc1C#N. The summed E-state index contributed by atoms with van der Waals surface area (Å²) in [6.45, 7) is 1.70. The van der Waals surface area contributed by atoms with Crippen LogP contribution in [0.2, 0.25) is 0 Å². The largest absolute Gasteiger partial charge is 0.449 e. The van der Waals surface area contributed by atoms with Gasteiger partial charge in [0.25, 0.3) is 0 Å². The van der Waals surface area contributed by atoms with E-state index in [1.54, 1.807) is 0 Å². The Labute approximate surface area is 160 Å². The Bertz CT molecular complexity index is 935. The minimum atomic E-state index is -3.50. The maximum absolute atomic E-state index is 11.9. The first kappa shape index (κ1) is 19.9. The highest BCUT2D eigenvalue weighted by atomic mass is 79.9. The zero-order valence-electron chi connectivity index (χ0n) is 14.0. The van der Waals surface area contributed by atoms with Gasteiger partial charge in [-0.25, -0.2) is 13.2 Å². The van der Waals surface area contributed by atoms with Crippen LogP contribution in [-0.2, 0) is 21.0 Å². The van der Waals surface area contributed by atoms with Crippen LogP contribution in [0.4, 0.5) is 10.5 Å². The molecule has 0 bridgehead atoms. The highest BCUT2D eigenvalue weighted by Crippen LogP contribution is 2.21. The number of carbonyl (C=O) groups excluding carboxylic acids is 1. The summed E-state index contributed by atoms with van der Waals surface area (Å²) in [5.41, 5.74) is 1.31. The molecule has 0 heterocycles. The lowest BCUT2D eigenvalue weighted by atomic mass is 10.2. The molecule has 1 N–H and O–H groups in total. The quantitative estimate of drug-likeness (QED) is 0.740. The van der Waals surface area contributed by atoms with Crippen LogP contribution >= 0.6 is 15.9 Å². The monoisotopic (exact) mass is 436 g/mol. The van der Waals surface area contributed by atoms with Crippen molar-refractivity contribution in [2.75, 3.05) is 17.7 Å². The van der Waals surface area contributed by atoms with Crippen molar-refractivity contribution < 1.29 is 17.9 Å². The van der Waals surface area contributed by atoms with E-state index in [2.05, 4.69) is 21.2 Å². The molecule has 0 aliphatic rings. The second-order valence-electron chi connectivity index (χ2n) is 5.36. The summed E-state index contributed by atoms with van der Waals surface area (Å²) in [5, 5.41) is 11.7. The molecule has 6 nitrogen and oxygen atoms in total. The van der Waals surface area contributed by atoms with Gasteiger partial charge in [0.15, 0.2) is 9.84 Å². The van der Waals surface area contributed by atoms with E-state index < -0.39 is 15.9 Å². The molecule has 0 saturated carbocycles. The number of carbonyl (C=O) groups is 1. The van der Waals surface area contributed by atoms with Crippen LogP contribution in [0.3, 0.4) is 0 Å². The number of benzene rings is 2. The second kappa shape index (κ2) is 8.83. The predicted octanol–water partition coefficient (Wildman–Crippen LogP) is 3.91.